The van der Waals surface area contributed by atoms with Gasteiger partial charge in [0.05, 0.1) is 0 Å². The van der Waals surface area contributed by atoms with Crippen molar-refractivity contribution >= 4 is 27.3 Å². The molecule has 0 aromatic carbocycles. The van der Waals surface area contributed by atoms with E-state index >= 15 is 0 Å². The zero-order valence-corrected chi connectivity index (χ0v) is 11.4. The van der Waals surface area contributed by atoms with E-state index in [1.807, 2.05) is 0 Å². The second kappa shape index (κ2) is 94.9. The van der Waals surface area contributed by atoms with Crippen LogP contribution in [-0.4, -0.2) is 27.3 Å². The quantitative estimate of drug-likeness (QED) is 0.229. The molecule has 0 rings (SSSR count). The first-order valence-electron chi connectivity index (χ1n) is 1.20. The maximum atomic E-state index is 6.75. The Hall–Kier alpha value is -0.148. The van der Waals surface area contributed by atoms with Gasteiger partial charge in [0.25, 0.3) is 0 Å². The minimum Gasteiger partial charge on any atom is -0.373 e. The van der Waals surface area contributed by atoms with Crippen LogP contribution in [0.25, 0.3) is 47.9 Å². The summed E-state index contributed by atoms with van der Waals surface area (Å²) in [5, 5.41) is 0. The van der Waals surface area contributed by atoms with Crippen molar-refractivity contribution < 1.29 is 29.6 Å². The monoisotopic (exact) mass is 357 g/mol. The Balaban J connectivity index is -0.0000000150. The third-order valence-electron chi connectivity index (χ3n) is 0. The van der Waals surface area contributed by atoms with Gasteiger partial charge in [-0.1, -0.05) is 0 Å². The van der Waals surface area contributed by atoms with Crippen molar-refractivity contribution in [2.24, 2.45) is 0 Å². The van der Waals surface area contributed by atoms with Crippen LogP contribution in [0.15, 0.2) is 0 Å². The molecule has 0 saturated heterocycles. The SMILES string of the molecule is [N-]=[N+]=[N-].[N-]=[N+]=[N-].[N-]=[N+]=[N-].[Na+].[Pb+2]. The van der Waals surface area contributed by atoms with Crippen LogP contribution in [-0.2, 0) is 0 Å². The Morgan fingerprint density at radius 2 is 0.545 bits per heavy atom. The van der Waals surface area contributed by atoms with Crippen LogP contribution in [0.1, 0.15) is 0 Å². The largest absolute Gasteiger partial charge is 2.00 e. The second-order valence-electron chi connectivity index (χ2n) is 0.268. The van der Waals surface area contributed by atoms with E-state index in [9.17, 15) is 0 Å². The maximum Gasteiger partial charge on any atom is 2.00 e. The van der Waals surface area contributed by atoms with Crippen molar-refractivity contribution in [3.05, 3.63) is 47.9 Å². The first kappa shape index (κ1) is 30.8. The van der Waals surface area contributed by atoms with Crippen LogP contribution >= 0.6 is 0 Å². The Kier molecular flexibility index (Phi) is 265. The summed E-state index contributed by atoms with van der Waals surface area (Å²) in [5.41, 5.74) is 40.5. The van der Waals surface area contributed by atoms with E-state index in [2.05, 4.69) is 0 Å². The molecule has 0 atom stereocenters. The first-order chi connectivity index (χ1) is 4.24. The molecule has 0 fully saturated rings. The predicted molar refractivity (Wildman–Crippen MR) is 36.0 cm³/mol. The van der Waals surface area contributed by atoms with Crippen LogP contribution in [0.5, 0.6) is 0 Å². The van der Waals surface area contributed by atoms with Crippen LogP contribution in [0.2, 0.25) is 0 Å². The minimum atomic E-state index is 0. The zero-order valence-electron chi connectivity index (χ0n) is 5.52. The Morgan fingerprint density at radius 3 is 0.545 bits per heavy atom. The van der Waals surface area contributed by atoms with Crippen molar-refractivity contribution in [3.63, 3.8) is 0 Å². The topological polar surface area (TPSA) is 176 Å². The number of nitrogens with zero attached hydrogens (tertiary/aromatic N) is 9. The van der Waals surface area contributed by atoms with E-state index in [4.69, 9.17) is 33.2 Å². The smallest absolute Gasteiger partial charge is 0.373 e. The molecule has 0 aromatic heterocycles. The summed E-state index contributed by atoms with van der Waals surface area (Å²) in [6.07, 6.45) is 0. The van der Waals surface area contributed by atoms with Gasteiger partial charge in [0.2, 0.25) is 0 Å². The van der Waals surface area contributed by atoms with Crippen molar-refractivity contribution in [2.45, 2.75) is 0 Å². The van der Waals surface area contributed by atoms with Crippen LogP contribution in [0, 0.1) is 0 Å². The van der Waals surface area contributed by atoms with E-state index in [1.165, 1.54) is 14.7 Å². The molecule has 11 heavy (non-hydrogen) atoms. The molecule has 0 spiro atoms. The molecule has 9 nitrogen and oxygen atoms in total. The summed E-state index contributed by atoms with van der Waals surface area (Å²) in [7, 11) is 0. The van der Waals surface area contributed by atoms with Crippen LogP contribution in [0.4, 0.5) is 0 Å². The average molecular weight is 356 g/mol. The Labute approximate surface area is 104 Å². The van der Waals surface area contributed by atoms with Gasteiger partial charge >= 0.3 is 56.9 Å². The third kappa shape index (κ3) is 27800. The molecule has 50 valence electrons. The van der Waals surface area contributed by atoms with Crippen molar-refractivity contribution in [2.75, 3.05) is 0 Å². The van der Waals surface area contributed by atoms with Gasteiger partial charge in [0.1, 0.15) is 0 Å². The van der Waals surface area contributed by atoms with Gasteiger partial charge in [-0.25, -0.2) is 0 Å². The summed E-state index contributed by atoms with van der Waals surface area (Å²) in [5.74, 6) is 0. The van der Waals surface area contributed by atoms with Gasteiger partial charge in [-0.2, -0.15) is 0 Å². The molecule has 0 bridgehead atoms. The van der Waals surface area contributed by atoms with Gasteiger partial charge in [-0.05, 0) is 0 Å². The van der Waals surface area contributed by atoms with Crippen molar-refractivity contribution in [3.8, 4) is 0 Å². The molecule has 0 heterocycles. The molecule has 0 aromatic rings. The van der Waals surface area contributed by atoms with Crippen LogP contribution < -0.4 is 29.6 Å². The van der Waals surface area contributed by atoms with E-state index in [1.54, 1.807) is 0 Å². The number of rotatable bonds is 0. The maximum absolute atomic E-state index is 6.75. The van der Waals surface area contributed by atoms with Gasteiger partial charge in [-0.3, -0.25) is 14.7 Å². The molecule has 11 heteroatoms. The van der Waals surface area contributed by atoms with Gasteiger partial charge < -0.3 is 33.2 Å². The van der Waals surface area contributed by atoms with Gasteiger partial charge in [-0.15, -0.1) is 0 Å². The number of hydrogen-bond donors (Lipinski definition) is 0. The van der Waals surface area contributed by atoms with Crippen molar-refractivity contribution in [1.29, 1.82) is 0 Å². The zero-order chi connectivity index (χ0) is 8.12. The van der Waals surface area contributed by atoms with Crippen LogP contribution in [0.3, 0.4) is 0 Å². The summed E-state index contributed by atoms with van der Waals surface area (Å²) in [6, 6.07) is 0. The van der Waals surface area contributed by atoms with Crippen molar-refractivity contribution in [1.82, 2.24) is 0 Å². The molecular weight excluding hydrogens is 356 g/mol. The van der Waals surface area contributed by atoms with Gasteiger partial charge in [0.15, 0.2) is 0 Å². The fourth-order valence-electron chi connectivity index (χ4n) is 0. The number of hydrogen-bond acceptors (Lipinski definition) is 0. The Morgan fingerprint density at radius 1 is 0.545 bits per heavy atom. The normalized spacial score (nSPS) is 2.18. The predicted octanol–water partition coefficient (Wildman–Crippen LogP) is -0.778. The minimum absolute atomic E-state index is 0. The molecule has 0 amide bonds. The van der Waals surface area contributed by atoms with E-state index in [-0.39, 0.29) is 56.9 Å². The summed E-state index contributed by atoms with van der Waals surface area (Å²) in [6.45, 7) is 0. The van der Waals surface area contributed by atoms with E-state index < -0.39 is 0 Å². The fourth-order valence-corrected chi connectivity index (χ4v) is 0. The second-order valence-corrected chi connectivity index (χ2v) is 0.268. The molecule has 0 unspecified atom stereocenters. The molecular formula is N9NaPb. The average Bonchev–Trinajstić information content (AvgIpc) is 1.70. The Bertz CT molecular complexity index is 101. The molecule has 0 N–H and O–H groups in total. The molecule has 0 aliphatic heterocycles. The summed E-state index contributed by atoms with van der Waals surface area (Å²) in [4.78, 5) is 4.50. The summed E-state index contributed by atoms with van der Waals surface area (Å²) < 4.78 is 0. The molecule has 0 saturated carbocycles. The first-order valence-corrected chi connectivity index (χ1v) is 1.20. The fraction of sp³-hybridized carbons (Fsp3) is 0. The third-order valence-corrected chi connectivity index (χ3v) is 0. The molecule has 0 aliphatic carbocycles. The standard InChI is InChI=1S/3N3.Na.Pb/c3*1-3-2;;/q3*-1;+1;+2. The van der Waals surface area contributed by atoms with E-state index in [0.717, 1.165) is 0 Å². The summed E-state index contributed by atoms with van der Waals surface area (Å²) >= 11 is 0. The van der Waals surface area contributed by atoms with Gasteiger partial charge in [0, 0.05) is 0 Å². The molecule has 2 radical (unpaired) electrons. The molecule has 0 aliphatic rings. The van der Waals surface area contributed by atoms with E-state index in [0.29, 0.717) is 0 Å².